The molecule has 2 heterocycles. The van der Waals surface area contributed by atoms with Crippen molar-refractivity contribution < 1.29 is 24.4 Å². The number of nitrogens with one attached hydrogen (secondary N) is 1. The van der Waals surface area contributed by atoms with Gasteiger partial charge in [-0.25, -0.2) is 0 Å². The van der Waals surface area contributed by atoms with E-state index in [1.165, 1.54) is 13.0 Å². The lowest BCUT2D eigenvalue weighted by atomic mass is 9.89. The highest BCUT2D eigenvalue weighted by molar-refractivity contribution is 5.78. The number of rotatable bonds is 5. The summed E-state index contributed by atoms with van der Waals surface area (Å²) in [7, 11) is 0. The molecule has 142 valence electrons. The van der Waals surface area contributed by atoms with E-state index in [-0.39, 0.29) is 28.5 Å². The third kappa shape index (κ3) is 3.35. The maximum Gasteiger partial charge on any atom is 0.302 e. The number of hydrogen-bond donors (Lipinski definition) is 2. The molecule has 10 heteroatoms. The van der Waals surface area contributed by atoms with Crippen molar-refractivity contribution in [2.45, 2.75) is 44.4 Å². The lowest BCUT2D eigenvalue weighted by molar-refractivity contribution is -0.392. The van der Waals surface area contributed by atoms with Crippen molar-refractivity contribution in [3.05, 3.63) is 37.4 Å². The van der Waals surface area contributed by atoms with Crippen molar-refractivity contribution >= 4 is 17.1 Å². The predicted molar refractivity (Wildman–Crippen MR) is 91.2 cm³/mol. The second-order valence-corrected chi connectivity index (χ2v) is 6.74. The van der Waals surface area contributed by atoms with Crippen LogP contribution in [0, 0.1) is 27.2 Å². The van der Waals surface area contributed by atoms with E-state index in [0.29, 0.717) is 32.7 Å². The van der Waals surface area contributed by atoms with Crippen LogP contribution in [0.1, 0.15) is 30.4 Å². The first kappa shape index (κ1) is 18.5. The van der Waals surface area contributed by atoms with Gasteiger partial charge in [0.2, 0.25) is 0 Å². The van der Waals surface area contributed by atoms with Gasteiger partial charge >= 0.3 is 5.69 Å². The van der Waals surface area contributed by atoms with Crippen molar-refractivity contribution in [3.63, 3.8) is 0 Å². The highest BCUT2D eigenvalue weighted by atomic mass is 16.6. The van der Waals surface area contributed by atoms with Crippen LogP contribution in [0.2, 0.25) is 0 Å². The van der Waals surface area contributed by atoms with Gasteiger partial charge in [0.05, 0.1) is 28.7 Å². The topological polar surface area (TPSA) is 137 Å². The fourth-order valence-corrected chi connectivity index (χ4v) is 3.70. The molecule has 1 aromatic rings. The number of ether oxygens (including phenoxy) is 2. The second kappa shape index (κ2) is 7.14. The Morgan fingerprint density at radius 1 is 1.35 bits per heavy atom. The number of aliphatic hydroxyl groups excluding tert-OH is 1. The van der Waals surface area contributed by atoms with Gasteiger partial charge in [-0.1, -0.05) is 0 Å². The molecule has 0 bridgehead atoms. The largest absolute Gasteiger partial charge is 0.392 e. The molecule has 2 fully saturated rings. The van der Waals surface area contributed by atoms with E-state index in [1.54, 1.807) is 0 Å². The summed E-state index contributed by atoms with van der Waals surface area (Å²) in [6.07, 6.45) is 1.87. The number of nitrogens with zero attached hydrogens (tertiary/aromatic N) is 2. The van der Waals surface area contributed by atoms with Crippen LogP contribution in [0.25, 0.3) is 0 Å². The van der Waals surface area contributed by atoms with Gasteiger partial charge < -0.3 is 19.9 Å². The SMILES string of the molecule is Cc1c(CO)cc([N+](=O)[O-])c(NC2CCOC3(CCOC3)C2)c1[N+](=O)[O-]. The van der Waals surface area contributed by atoms with Crippen molar-refractivity contribution in [2.75, 3.05) is 25.1 Å². The van der Waals surface area contributed by atoms with Crippen molar-refractivity contribution in [3.8, 4) is 0 Å². The Morgan fingerprint density at radius 2 is 2.12 bits per heavy atom. The predicted octanol–water partition coefficient (Wildman–Crippen LogP) is 2.05. The van der Waals surface area contributed by atoms with Gasteiger partial charge in [0.1, 0.15) is 0 Å². The third-order valence-corrected chi connectivity index (χ3v) is 5.10. The van der Waals surface area contributed by atoms with E-state index in [0.717, 1.165) is 6.42 Å². The molecule has 0 aromatic heterocycles. The molecule has 10 nitrogen and oxygen atoms in total. The minimum atomic E-state index is -0.665. The van der Waals surface area contributed by atoms with E-state index >= 15 is 0 Å². The van der Waals surface area contributed by atoms with E-state index in [1.807, 2.05) is 0 Å². The quantitative estimate of drug-likeness (QED) is 0.596. The van der Waals surface area contributed by atoms with E-state index in [4.69, 9.17) is 9.47 Å². The summed E-state index contributed by atoms with van der Waals surface area (Å²) < 4.78 is 11.3. The van der Waals surface area contributed by atoms with E-state index in [2.05, 4.69) is 5.32 Å². The zero-order valence-electron chi connectivity index (χ0n) is 14.4. The Hall–Kier alpha value is -2.30. The summed E-state index contributed by atoms with van der Waals surface area (Å²) in [6.45, 7) is 2.48. The van der Waals surface area contributed by atoms with Crippen LogP contribution >= 0.6 is 0 Å². The molecule has 2 aliphatic heterocycles. The van der Waals surface area contributed by atoms with Crippen molar-refractivity contribution in [2.24, 2.45) is 0 Å². The van der Waals surface area contributed by atoms with Gasteiger partial charge in [-0.2, -0.15) is 0 Å². The fourth-order valence-electron chi connectivity index (χ4n) is 3.70. The molecule has 0 radical (unpaired) electrons. The average molecular weight is 367 g/mol. The molecule has 0 amide bonds. The van der Waals surface area contributed by atoms with E-state index < -0.39 is 27.7 Å². The zero-order chi connectivity index (χ0) is 18.9. The summed E-state index contributed by atoms with van der Waals surface area (Å²) in [5.41, 5.74) is -0.936. The molecule has 2 saturated heterocycles. The molecular weight excluding hydrogens is 346 g/mol. The molecule has 0 aliphatic carbocycles. The lowest BCUT2D eigenvalue weighted by Crippen LogP contribution is -2.45. The van der Waals surface area contributed by atoms with Crippen LogP contribution in [0.15, 0.2) is 6.07 Å². The second-order valence-electron chi connectivity index (χ2n) is 6.74. The van der Waals surface area contributed by atoms with Crippen LogP contribution < -0.4 is 5.32 Å². The molecule has 3 rings (SSSR count). The van der Waals surface area contributed by atoms with Gasteiger partial charge in [0, 0.05) is 37.3 Å². The summed E-state index contributed by atoms with van der Waals surface area (Å²) >= 11 is 0. The Morgan fingerprint density at radius 3 is 2.69 bits per heavy atom. The van der Waals surface area contributed by atoms with Crippen molar-refractivity contribution in [1.82, 2.24) is 0 Å². The maximum atomic E-state index is 11.6. The van der Waals surface area contributed by atoms with Gasteiger partial charge in [0.15, 0.2) is 5.69 Å². The summed E-state index contributed by atoms with van der Waals surface area (Å²) in [4.78, 5) is 21.8. The van der Waals surface area contributed by atoms with Gasteiger partial charge in [0.25, 0.3) is 5.69 Å². The standard InChI is InChI=1S/C16H21N3O7/c1-10-11(8-20)6-13(18(21)22)14(15(10)19(23)24)17-12-2-4-26-16(7-12)3-5-25-9-16/h6,12,17,20H,2-5,7-9H2,1H3. The molecular formula is C16H21N3O7. The van der Waals surface area contributed by atoms with Gasteiger partial charge in [-0.05, 0) is 25.3 Å². The summed E-state index contributed by atoms with van der Waals surface area (Å²) in [5, 5.41) is 35.5. The highest BCUT2D eigenvalue weighted by Gasteiger charge is 2.42. The summed E-state index contributed by atoms with van der Waals surface area (Å²) in [5.74, 6) is 0. The number of nitro groups is 2. The average Bonchev–Trinajstić information content (AvgIpc) is 3.02. The number of nitro benzene ring substituents is 2. The van der Waals surface area contributed by atoms with Crippen LogP contribution in [0.4, 0.5) is 17.1 Å². The number of hydrogen-bond acceptors (Lipinski definition) is 8. The molecule has 1 spiro atoms. The Bertz CT molecular complexity index is 731. The Kier molecular flexibility index (Phi) is 5.08. The molecule has 26 heavy (non-hydrogen) atoms. The fraction of sp³-hybridized carbons (Fsp3) is 0.625. The zero-order valence-corrected chi connectivity index (χ0v) is 14.4. The smallest absolute Gasteiger partial charge is 0.302 e. The maximum absolute atomic E-state index is 11.6. The number of anilines is 1. The monoisotopic (exact) mass is 367 g/mol. The Balaban J connectivity index is 1.99. The first-order valence-electron chi connectivity index (χ1n) is 8.41. The molecule has 2 atom stereocenters. The number of aliphatic hydroxyl groups is 1. The molecule has 1 aromatic carbocycles. The third-order valence-electron chi connectivity index (χ3n) is 5.10. The first-order valence-corrected chi connectivity index (χ1v) is 8.41. The van der Waals surface area contributed by atoms with Crippen LogP contribution in [0.5, 0.6) is 0 Å². The van der Waals surface area contributed by atoms with Crippen LogP contribution in [-0.2, 0) is 16.1 Å². The lowest BCUT2D eigenvalue weighted by Gasteiger charge is -2.37. The van der Waals surface area contributed by atoms with Crippen LogP contribution in [0.3, 0.4) is 0 Å². The number of benzene rings is 1. The molecule has 2 aliphatic rings. The minimum absolute atomic E-state index is 0.115. The van der Waals surface area contributed by atoms with Gasteiger partial charge in [-0.15, -0.1) is 0 Å². The molecule has 2 N–H and O–H groups in total. The highest BCUT2D eigenvalue weighted by Crippen LogP contribution is 2.42. The molecule has 2 unspecified atom stereocenters. The van der Waals surface area contributed by atoms with Gasteiger partial charge in [-0.3, -0.25) is 20.2 Å². The minimum Gasteiger partial charge on any atom is -0.392 e. The van der Waals surface area contributed by atoms with Crippen LogP contribution in [-0.4, -0.2) is 46.4 Å². The van der Waals surface area contributed by atoms with E-state index in [9.17, 15) is 25.3 Å². The first-order chi connectivity index (χ1) is 12.4. The van der Waals surface area contributed by atoms with Crippen molar-refractivity contribution in [1.29, 1.82) is 0 Å². The summed E-state index contributed by atoms with van der Waals surface area (Å²) in [6, 6.07) is 0.987. The molecule has 0 saturated carbocycles. The normalized spacial score (nSPS) is 25.4. The Labute approximate surface area is 149 Å².